The molecule has 0 spiro atoms. The summed E-state index contributed by atoms with van der Waals surface area (Å²) >= 11 is 0. The molecular formula is C28H31NO3. The second-order valence-corrected chi connectivity index (χ2v) is 9.74. The molecule has 0 radical (unpaired) electrons. The Morgan fingerprint density at radius 3 is 2.06 bits per heavy atom. The van der Waals surface area contributed by atoms with Crippen LogP contribution in [0.4, 0.5) is 4.79 Å². The molecule has 4 nitrogen and oxygen atoms in total. The van der Waals surface area contributed by atoms with Gasteiger partial charge in [-0.3, -0.25) is 4.79 Å². The predicted octanol–water partition coefficient (Wildman–Crippen LogP) is 6.10. The zero-order chi connectivity index (χ0) is 22.2. The van der Waals surface area contributed by atoms with Gasteiger partial charge in [0.25, 0.3) is 0 Å². The summed E-state index contributed by atoms with van der Waals surface area (Å²) in [5.74, 6) is 0.315. The third kappa shape index (κ3) is 3.76. The molecule has 166 valence electrons. The van der Waals surface area contributed by atoms with Crippen LogP contribution in [-0.4, -0.2) is 35.5 Å². The van der Waals surface area contributed by atoms with E-state index >= 15 is 0 Å². The molecule has 1 amide bonds. The molecule has 0 saturated carbocycles. The number of ketones is 1. The number of benzene rings is 2. The fraction of sp³-hybridized carbons (Fsp3) is 0.429. The van der Waals surface area contributed by atoms with Gasteiger partial charge in [-0.05, 0) is 74.3 Å². The molecule has 2 aromatic rings. The van der Waals surface area contributed by atoms with Crippen molar-refractivity contribution in [2.45, 2.75) is 64.0 Å². The zero-order valence-corrected chi connectivity index (χ0v) is 18.9. The highest BCUT2D eigenvalue weighted by Gasteiger charge is 2.43. The van der Waals surface area contributed by atoms with Gasteiger partial charge in [-0.1, -0.05) is 54.1 Å². The van der Waals surface area contributed by atoms with Crippen LogP contribution in [0.15, 0.2) is 60.2 Å². The smallest absolute Gasteiger partial charge is 0.410 e. The summed E-state index contributed by atoms with van der Waals surface area (Å²) in [6.07, 6.45) is 6.09. The van der Waals surface area contributed by atoms with E-state index in [-0.39, 0.29) is 35.8 Å². The van der Waals surface area contributed by atoms with Crippen molar-refractivity contribution in [3.05, 3.63) is 71.3 Å². The molecule has 2 heterocycles. The van der Waals surface area contributed by atoms with Crippen LogP contribution in [0, 0.1) is 5.92 Å². The fourth-order valence-corrected chi connectivity index (χ4v) is 5.98. The van der Waals surface area contributed by atoms with Gasteiger partial charge in [-0.25, -0.2) is 4.79 Å². The third-order valence-electron chi connectivity index (χ3n) is 7.35. The molecule has 3 aliphatic rings. The molecule has 4 heteroatoms. The van der Waals surface area contributed by atoms with Crippen LogP contribution in [0.2, 0.25) is 0 Å². The van der Waals surface area contributed by atoms with Crippen molar-refractivity contribution in [2.24, 2.45) is 5.92 Å². The molecule has 2 atom stereocenters. The van der Waals surface area contributed by atoms with Crippen molar-refractivity contribution in [3.63, 3.8) is 0 Å². The second kappa shape index (κ2) is 8.57. The van der Waals surface area contributed by atoms with Crippen molar-refractivity contribution < 1.29 is 14.3 Å². The molecule has 2 bridgehead atoms. The van der Waals surface area contributed by atoms with Gasteiger partial charge in [0.1, 0.15) is 6.61 Å². The lowest BCUT2D eigenvalue weighted by Gasteiger charge is -2.47. The molecule has 32 heavy (non-hydrogen) atoms. The highest BCUT2D eigenvalue weighted by molar-refractivity contribution is 5.92. The van der Waals surface area contributed by atoms with E-state index in [1.807, 2.05) is 18.7 Å². The lowest BCUT2D eigenvalue weighted by atomic mass is 9.76. The largest absolute Gasteiger partial charge is 0.448 e. The summed E-state index contributed by atoms with van der Waals surface area (Å²) in [4.78, 5) is 27.9. The maximum Gasteiger partial charge on any atom is 0.410 e. The first-order valence-corrected chi connectivity index (χ1v) is 11.8. The third-order valence-corrected chi connectivity index (χ3v) is 7.35. The van der Waals surface area contributed by atoms with E-state index in [0.717, 1.165) is 37.7 Å². The number of rotatable bonds is 4. The number of allylic oxidation sites excluding steroid dienone is 2. The molecule has 2 aromatic carbocycles. The Morgan fingerprint density at radius 2 is 1.50 bits per heavy atom. The average molecular weight is 430 g/mol. The lowest BCUT2D eigenvalue weighted by molar-refractivity contribution is -0.121. The maximum atomic E-state index is 13.3. The first kappa shape index (κ1) is 21.0. The molecule has 1 aliphatic carbocycles. The Morgan fingerprint density at radius 1 is 0.938 bits per heavy atom. The van der Waals surface area contributed by atoms with Gasteiger partial charge in [0.05, 0.1) is 0 Å². The molecular weight excluding hydrogens is 398 g/mol. The van der Waals surface area contributed by atoms with Gasteiger partial charge in [0.2, 0.25) is 0 Å². The van der Waals surface area contributed by atoms with Crippen molar-refractivity contribution >= 4 is 11.9 Å². The number of piperidine rings is 2. The van der Waals surface area contributed by atoms with E-state index in [1.165, 1.54) is 22.3 Å². The number of fused-ring (bicyclic) bond motifs is 5. The number of hydrogen-bond donors (Lipinski definition) is 0. The van der Waals surface area contributed by atoms with Crippen LogP contribution in [0.1, 0.15) is 63.0 Å². The summed E-state index contributed by atoms with van der Waals surface area (Å²) in [7, 11) is 0. The quantitative estimate of drug-likeness (QED) is 0.551. The van der Waals surface area contributed by atoms with E-state index in [2.05, 4.69) is 48.5 Å². The van der Waals surface area contributed by atoms with E-state index < -0.39 is 0 Å². The number of amides is 1. The summed E-state index contributed by atoms with van der Waals surface area (Å²) in [6.45, 7) is 4.28. The van der Waals surface area contributed by atoms with Crippen LogP contribution < -0.4 is 0 Å². The van der Waals surface area contributed by atoms with E-state index in [4.69, 9.17) is 4.74 Å². The highest BCUT2D eigenvalue weighted by atomic mass is 16.6. The molecule has 0 N–H and O–H groups in total. The van der Waals surface area contributed by atoms with Crippen LogP contribution in [0.5, 0.6) is 0 Å². The number of nitrogens with zero attached hydrogens (tertiary/aromatic N) is 1. The second-order valence-electron chi connectivity index (χ2n) is 9.74. The standard InChI is InChI=1S/C28H31NO3/c1-18(2)14-27(30)19-15-20-8-7-9-21(16-19)29(20)28(31)32-17-26-24-12-5-3-10-22(24)23-11-4-6-13-25(23)26/h3-6,10-14,19-21,26H,7-9,15-17H2,1-2H3. The summed E-state index contributed by atoms with van der Waals surface area (Å²) in [5, 5.41) is 0. The number of hydrogen-bond acceptors (Lipinski definition) is 3. The Kier molecular flexibility index (Phi) is 5.62. The Labute approximate surface area is 190 Å². The van der Waals surface area contributed by atoms with Gasteiger partial charge in [-0.15, -0.1) is 0 Å². The molecule has 2 unspecified atom stereocenters. The molecule has 2 fully saturated rings. The summed E-state index contributed by atoms with van der Waals surface area (Å²) in [6, 6.07) is 17.0. The minimum atomic E-state index is -0.213. The maximum absolute atomic E-state index is 13.3. The minimum absolute atomic E-state index is 0.0258. The van der Waals surface area contributed by atoms with Crippen molar-refractivity contribution in [2.75, 3.05) is 6.61 Å². The van der Waals surface area contributed by atoms with Gasteiger partial charge in [-0.2, -0.15) is 0 Å². The Hall–Kier alpha value is -2.88. The van der Waals surface area contributed by atoms with Crippen molar-refractivity contribution in [3.8, 4) is 11.1 Å². The van der Waals surface area contributed by atoms with Gasteiger partial charge < -0.3 is 9.64 Å². The number of carbonyl (C=O) groups is 2. The molecule has 2 aliphatic heterocycles. The van der Waals surface area contributed by atoms with E-state index in [9.17, 15) is 9.59 Å². The topological polar surface area (TPSA) is 46.6 Å². The predicted molar refractivity (Wildman–Crippen MR) is 125 cm³/mol. The van der Waals surface area contributed by atoms with Gasteiger partial charge in [0, 0.05) is 23.9 Å². The number of ether oxygens (including phenoxy) is 1. The first-order valence-electron chi connectivity index (χ1n) is 11.8. The highest BCUT2D eigenvalue weighted by Crippen LogP contribution is 2.45. The monoisotopic (exact) mass is 429 g/mol. The van der Waals surface area contributed by atoms with Crippen LogP contribution in [-0.2, 0) is 9.53 Å². The Bertz CT molecular complexity index is 1010. The van der Waals surface area contributed by atoms with Crippen molar-refractivity contribution in [1.82, 2.24) is 4.90 Å². The average Bonchev–Trinajstić information content (AvgIpc) is 3.10. The molecule has 0 aromatic heterocycles. The zero-order valence-electron chi connectivity index (χ0n) is 18.9. The summed E-state index contributed by atoms with van der Waals surface area (Å²) in [5.41, 5.74) is 5.97. The molecule has 2 saturated heterocycles. The first-order chi connectivity index (χ1) is 15.5. The van der Waals surface area contributed by atoms with Gasteiger partial charge >= 0.3 is 6.09 Å². The SMILES string of the molecule is CC(C)=CC(=O)C1CC2CCCC(C1)N2C(=O)OCC1c2ccccc2-c2ccccc21. The van der Waals surface area contributed by atoms with E-state index in [1.54, 1.807) is 6.08 Å². The van der Waals surface area contributed by atoms with Crippen LogP contribution in [0.25, 0.3) is 11.1 Å². The fourth-order valence-electron chi connectivity index (χ4n) is 5.98. The van der Waals surface area contributed by atoms with Crippen LogP contribution in [0.3, 0.4) is 0 Å². The Balaban J connectivity index is 1.30. The minimum Gasteiger partial charge on any atom is -0.448 e. The number of carbonyl (C=O) groups excluding carboxylic acids is 2. The summed E-state index contributed by atoms with van der Waals surface area (Å²) < 4.78 is 5.97. The molecule has 5 rings (SSSR count). The van der Waals surface area contributed by atoms with Crippen LogP contribution >= 0.6 is 0 Å². The van der Waals surface area contributed by atoms with Gasteiger partial charge in [0.15, 0.2) is 5.78 Å². The van der Waals surface area contributed by atoms with Crippen molar-refractivity contribution in [1.29, 1.82) is 0 Å². The van der Waals surface area contributed by atoms with E-state index in [0.29, 0.717) is 6.61 Å². The normalized spacial score (nSPS) is 23.8. The lowest BCUT2D eigenvalue weighted by Crippen LogP contribution is -2.55.